The normalized spacial score (nSPS) is 11.0. The van der Waals surface area contributed by atoms with Crippen LogP contribution < -0.4 is 4.74 Å². The van der Waals surface area contributed by atoms with Gasteiger partial charge in [-0.2, -0.15) is 0 Å². The molecule has 7 heteroatoms. The van der Waals surface area contributed by atoms with Gasteiger partial charge in [-0.15, -0.1) is 10.2 Å². The third kappa shape index (κ3) is 5.30. The van der Waals surface area contributed by atoms with Crippen molar-refractivity contribution in [2.75, 3.05) is 7.11 Å². The van der Waals surface area contributed by atoms with Crippen LogP contribution in [0.4, 0.5) is 0 Å². The standard InChI is InChI=1S/C23H25N5OS/c1-29-21-11-5-9-19(13-21)16-30-23-27-26-22(14-18-7-3-2-4-8-18)28(23)12-6-10-20-15-24-17-25-20/h2-5,7-9,11,13,15,17H,6,10,12,14,16H2,1H3,(H,24,25). The minimum absolute atomic E-state index is 0.775. The Hall–Kier alpha value is -3.06. The van der Waals surface area contributed by atoms with Gasteiger partial charge in [-0.1, -0.05) is 54.2 Å². The highest BCUT2D eigenvalue weighted by Gasteiger charge is 2.14. The summed E-state index contributed by atoms with van der Waals surface area (Å²) in [5, 5.41) is 9.98. The van der Waals surface area contributed by atoms with Crippen molar-refractivity contribution >= 4 is 11.8 Å². The molecule has 6 nitrogen and oxygen atoms in total. The lowest BCUT2D eigenvalue weighted by Crippen LogP contribution is -2.07. The second kappa shape index (κ2) is 10.1. The highest BCUT2D eigenvalue weighted by Crippen LogP contribution is 2.25. The number of methoxy groups -OCH3 is 1. The fourth-order valence-corrected chi connectivity index (χ4v) is 4.25. The lowest BCUT2D eigenvalue weighted by atomic mass is 10.1. The molecular formula is C23H25N5OS. The van der Waals surface area contributed by atoms with Crippen LogP contribution in [0.15, 0.2) is 72.3 Å². The van der Waals surface area contributed by atoms with E-state index in [4.69, 9.17) is 4.74 Å². The molecule has 0 atom stereocenters. The molecule has 4 rings (SSSR count). The number of H-pyrrole nitrogens is 1. The Morgan fingerprint density at radius 2 is 1.90 bits per heavy atom. The Balaban J connectivity index is 1.49. The highest BCUT2D eigenvalue weighted by molar-refractivity contribution is 7.98. The van der Waals surface area contributed by atoms with Crippen molar-refractivity contribution in [3.05, 3.63) is 89.8 Å². The topological polar surface area (TPSA) is 68.6 Å². The first-order valence-electron chi connectivity index (χ1n) is 10.0. The van der Waals surface area contributed by atoms with Crippen molar-refractivity contribution in [2.24, 2.45) is 0 Å². The summed E-state index contributed by atoms with van der Waals surface area (Å²) in [6.07, 6.45) is 6.33. The molecule has 0 spiro atoms. The summed E-state index contributed by atoms with van der Waals surface area (Å²) >= 11 is 1.71. The number of aromatic nitrogens is 5. The van der Waals surface area contributed by atoms with E-state index in [1.54, 1.807) is 25.2 Å². The minimum Gasteiger partial charge on any atom is -0.497 e. The van der Waals surface area contributed by atoms with Gasteiger partial charge in [-0.25, -0.2) is 4.98 Å². The quantitative estimate of drug-likeness (QED) is 0.383. The van der Waals surface area contributed by atoms with Gasteiger partial charge in [-0.3, -0.25) is 0 Å². The summed E-state index contributed by atoms with van der Waals surface area (Å²) in [4.78, 5) is 7.28. The third-order valence-electron chi connectivity index (χ3n) is 4.88. The van der Waals surface area contributed by atoms with Gasteiger partial charge in [0.2, 0.25) is 0 Å². The maximum absolute atomic E-state index is 5.34. The van der Waals surface area contributed by atoms with E-state index in [1.807, 2.05) is 24.4 Å². The SMILES string of the molecule is COc1cccc(CSc2nnc(Cc3ccccc3)n2CCCc2cnc[nH]2)c1. The molecule has 154 valence electrons. The van der Waals surface area contributed by atoms with Crippen molar-refractivity contribution in [3.8, 4) is 5.75 Å². The Morgan fingerprint density at radius 3 is 2.70 bits per heavy atom. The number of ether oxygens (including phenoxy) is 1. The molecule has 0 amide bonds. The number of nitrogens with one attached hydrogen (secondary N) is 1. The largest absolute Gasteiger partial charge is 0.497 e. The van der Waals surface area contributed by atoms with Gasteiger partial charge in [0.05, 0.1) is 13.4 Å². The molecule has 30 heavy (non-hydrogen) atoms. The van der Waals surface area contributed by atoms with Gasteiger partial charge in [0.1, 0.15) is 11.6 Å². The molecule has 2 aromatic carbocycles. The van der Waals surface area contributed by atoms with Crippen LogP contribution in [0.25, 0.3) is 0 Å². The summed E-state index contributed by atoms with van der Waals surface area (Å²) < 4.78 is 7.60. The van der Waals surface area contributed by atoms with Crippen LogP contribution in [0, 0.1) is 0 Å². The van der Waals surface area contributed by atoms with Crippen LogP contribution in [0.5, 0.6) is 5.75 Å². The molecule has 0 saturated heterocycles. The van der Waals surface area contributed by atoms with E-state index in [2.05, 4.69) is 61.1 Å². The van der Waals surface area contributed by atoms with Crippen LogP contribution in [0.2, 0.25) is 0 Å². The first-order valence-corrected chi connectivity index (χ1v) is 11.0. The maximum atomic E-state index is 5.34. The average molecular weight is 420 g/mol. The number of imidazole rings is 1. The van der Waals surface area contributed by atoms with Crippen molar-refractivity contribution in [2.45, 2.75) is 36.7 Å². The predicted molar refractivity (Wildman–Crippen MR) is 119 cm³/mol. The lowest BCUT2D eigenvalue weighted by Gasteiger charge is -2.10. The fourth-order valence-electron chi connectivity index (χ4n) is 3.32. The Kier molecular flexibility index (Phi) is 6.82. The molecule has 0 aliphatic heterocycles. The number of nitrogens with zero attached hydrogens (tertiary/aromatic N) is 4. The second-order valence-corrected chi connectivity index (χ2v) is 7.98. The molecule has 2 heterocycles. The number of hydrogen-bond donors (Lipinski definition) is 1. The maximum Gasteiger partial charge on any atom is 0.191 e. The minimum atomic E-state index is 0.775. The van der Waals surface area contributed by atoms with Crippen molar-refractivity contribution in [1.29, 1.82) is 0 Å². The monoisotopic (exact) mass is 419 g/mol. The molecule has 0 saturated carbocycles. The third-order valence-corrected chi connectivity index (χ3v) is 5.92. The highest BCUT2D eigenvalue weighted by atomic mass is 32.2. The Bertz CT molecular complexity index is 1050. The van der Waals surface area contributed by atoms with Gasteiger partial charge >= 0.3 is 0 Å². The molecule has 0 radical (unpaired) electrons. The van der Waals surface area contributed by atoms with Gasteiger partial charge in [0.15, 0.2) is 5.16 Å². The van der Waals surface area contributed by atoms with E-state index >= 15 is 0 Å². The first-order chi connectivity index (χ1) is 14.8. The molecule has 1 N–H and O–H groups in total. The molecule has 0 fully saturated rings. The molecule has 4 aromatic rings. The first kappa shape index (κ1) is 20.2. The van der Waals surface area contributed by atoms with Crippen molar-refractivity contribution < 1.29 is 4.74 Å². The number of benzene rings is 2. The van der Waals surface area contributed by atoms with E-state index in [0.29, 0.717) is 0 Å². The molecule has 0 aliphatic carbocycles. The number of rotatable bonds is 10. The van der Waals surface area contributed by atoms with E-state index in [-0.39, 0.29) is 0 Å². The van der Waals surface area contributed by atoms with Gasteiger partial charge in [-0.05, 0) is 36.1 Å². The molecular weight excluding hydrogens is 394 g/mol. The molecule has 2 aromatic heterocycles. The van der Waals surface area contributed by atoms with Crippen LogP contribution in [-0.2, 0) is 25.1 Å². The number of aryl methyl sites for hydroxylation is 1. The summed E-state index contributed by atoms with van der Waals surface area (Å²) in [5.41, 5.74) is 3.60. The summed E-state index contributed by atoms with van der Waals surface area (Å²) in [7, 11) is 1.69. The van der Waals surface area contributed by atoms with Crippen molar-refractivity contribution in [3.63, 3.8) is 0 Å². The average Bonchev–Trinajstić information content (AvgIpc) is 3.44. The Labute approximate surface area is 180 Å². The zero-order valence-electron chi connectivity index (χ0n) is 17.0. The van der Waals surface area contributed by atoms with Gasteiger partial charge in [0, 0.05) is 30.6 Å². The van der Waals surface area contributed by atoms with Crippen LogP contribution in [0.1, 0.15) is 29.1 Å². The second-order valence-electron chi connectivity index (χ2n) is 7.03. The summed E-state index contributed by atoms with van der Waals surface area (Å²) in [5.74, 6) is 2.69. The summed E-state index contributed by atoms with van der Waals surface area (Å²) in [6, 6.07) is 18.6. The van der Waals surface area contributed by atoms with Crippen LogP contribution in [0.3, 0.4) is 0 Å². The molecule has 0 aliphatic rings. The number of aromatic amines is 1. The van der Waals surface area contributed by atoms with E-state index in [0.717, 1.165) is 54.0 Å². The smallest absolute Gasteiger partial charge is 0.191 e. The van der Waals surface area contributed by atoms with E-state index < -0.39 is 0 Å². The van der Waals surface area contributed by atoms with E-state index in [9.17, 15) is 0 Å². The zero-order chi connectivity index (χ0) is 20.6. The van der Waals surface area contributed by atoms with Crippen LogP contribution in [-0.4, -0.2) is 31.8 Å². The summed E-state index contributed by atoms with van der Waals surface area (Å²) in [6.45, 7) is 0.870. The predicted octanol–water partition coefficient (Wildman–Crippen LogP) is 4.53. The zero-order valence-corrected chi connectivity index (χ0v) is 17.8. The van der Waals surface area contributed by atoms with Gasteiger partial charge < -0.3 is 14.3 Å². The fraction of sp³-hybridized carbons (Fsp3) is 0.261. The Morgan fingerprint density at radius 1 is 1.03 bits per heavy atom. The number of thioether (sulfide) groups is 1. The number of hydrogen-bond acceptors (Lipinski definition) is 5. The van der Waals surface area contributed by atoms with Crippen LogP contribution >= 0.6 is 11.8 Å². The van der Waals surface area contributed by atoms with Crippen molar-refractivity contribution in [1.82, 2.24) is 24.7 Å². The molecule has 0 bridgehead atoms. The lowest BCUT2D eigenvalue weighted by molar-refractivity contribution is 0.414. The van der Waals surface area contributed by atoms with Gasteiger partial charge in [0.25, 0.3) is 0 Å². The molecule has 0 unspecified atom stereocenters. The van der Waals surface area contributed by atoms with E-state index in [1.165, 1.54) is 11.1 Å².